The normalized spacial score (nSPS) is 21.7. The number of carbonyl (C=O) groups is 1. The van der Waals surface area contributed by atoms with Gasteiger partial charge in [-0.1, -0.05) is 11.6 Å². The Morgan fingerprint density at radius 2 is 2.36 bits per heavy atom. The summed E-state index contributed by atoms with van der Waals surface area (Å²) in [5, 5.41) is 0.280. The van der Waals surface area contributed by atoms with E-state index < -0.39 is 0 Å². The highest BCUT2D eigenvalue weighted by molar-refractivity contribution is 6.29. The third kappa shape index (κ3) is 1.83. The van der Waals surface area contributed by atoms with Gasteiger partial charge in [0.05, 0.1) is 5.38 Å². The molecule has 2 heterocycles. The van der Waals surface area contributed by atoms with E-state index in [0.29, 0.717) is 18.1 Å². The first kappa shape index (κ1) is 9.74. The Labute approximate surface area is 91.6 Å². The molecule has 0 spiro atoms. The zero-order valence-electron chi connectivity index (χ0n) is 7.28. The predicted octanol–water partition coefficient (Wildman–Crippen LogP) is 2.08. The van der Waals surface area contributed by atoms with Gasteiger partial charge in [0.15, 0.2) is 0 Å². The molecule has 14 heavy (non-hydrogen) atoms. The summed E-state index contributed by atoms with van der Waals surface area (Å²) in [5.41, 5.74) is 0.762. The van der Waals surface area contributed by atoms with Crippen LogP contribution in [-0.2, 0) is 4.79 Å². The largest absolute Gasteiger partial charge is 0.311 e. The Hall–Kier alpha value is -0.800. The molecule has 1 unspecified atom stereocenters. The number of aromatic nitrogens is 1. The fourth-order valence-electron chi connectivity index (χ4n) is 1.47. The standard InChI is InChI=1S/C9H8Cl2N2O/c10-6-3-9(14)13(5-6)7-1-2-12-8(11)4-7/h1-2,4,6H,3,5H2. The van der Waals surface area contributed by atoms with Crippen LogP contribution in [0, 0.1) is 0 Å². The number of rotatable bonds is 1. The molecule has 1 aromatic rings. The van der Waals surface area contributed by atoms with E-state index in [1.807, 2.05) is 0 Å². The van der Waals surface area contributed by atoms with Crippen LogP contribution < -0.4 is 4.90 Å². The summed E-state index contributed by atoms with van der Waals surface area (Å²) in [6.45, 7) is 0.542. The lowest BCUT2D eigenvalue weighted by molar-refractivity contribution is -0.117. The van der Waals surface area contributed by atoms with Crippen molar-refractivity contribution in [1.82, 2.24) is 4.98 Å². The molecule has 0 radical (unpaired) electrons. The van der Waals surface area contributed by atoms with Crippen molar-refractivity contribution < 1.29 is 4.79 Å². The van der Waals surface area contributed by atoms with Crippen LogP contribution in [-0.4, -0.2) is 22.8 Å². The summed E-state index contributed by atoms with van der Waals surface area (Å²) in [5.74, 6) is 0.0345. The highest BCUT2D eigenvalue weighted by Gasteiger charge is 2.29. The number of halogens is 2. The van der Waals surface area contributed by atoms with Crippen LogP contribution >= 0.6 is 23.2 Å². The summed E-state index contributed by atoms with van der Waals surface area (Å²) < 4.78 is 0. The van der Waals surface area contributed by atoms with E-state index in [4.69, 9.17) is 23.2 Å². The number of alkyl halides is 1. The topological polar surface area (TPSA) is 33.2 Å². The minimum atomic E-state index is -0.102. The highest BCUT2D eigenvalue weighted by Crippen LogP contribution is 2.25. The van der Waals surface area contributed by atoms with E-state index in [1.54, 1.807) is 23.2 Å². The smallest absolute Gasteiger partial charge is 0.228 e. The van der Waals surface area contributed by atoms with Crippen LogP contribution in [0.5, 0.6) is 0 Å². The quantitative estimate of drug-likeness (QED) is 0.547. The summed E-state index contributed by atoms with van der Waals surface area (Å²) in [4.78, 5) is 17.0. The Bertz CT molecular complexity index is 370. The maximum Gasteiger partial charge on any atom is 0.228 e. The van der Waals surface area contributed by atoms with Crippen molar-refractivity contribution in [3.63, 3.8) is 0 Å². The second kappa shape index (κ2) is 3.75. The van der Waals surface area contributed by atoms with Gasteiger partial charge in [0.25, 0.3) is 0 Å². The van der Waals surface area contributed by atoms with Crippen LogP contribution in [0.1, 0.15) is 6.42 Å². The molecule has 1 aliphatic rings. The molecule has 1 saturated heterocycles. The molecule has 1 amide bonds. The van der Waals surface area contributed by atoms with Gasteiger partial charge < -0.3 is 4.90 Å². The molecular formula is C9H8Cl2N2O. The molecule has 0 saturated carbocycles. The zero-order chi connectivity index (χ0) is 10.1. The molecule has 1 aliphatic heterocycles. The Morgan fingerprint density at radius 3 is 2.93 bits per heavy atom. The molecule has 5 heteroatoms. The molecule has 1 aromatic heterocycles. The van der Waals surface area contributed by atoms with Gasteiger partial charge in [0.2, 0.25) is 5.91 Å². The van der Waals surface area contributed by atoms with Gasteiger partial charge in [0, 0.05) is 24.8 Å². The van der Waals surface area contributed by atoms with Gasteiger partial charge in [-0.25, -0.2) is 4.98 Å². The van der Waals surface area contributed by atoms with Gasteiger partial charge in [-0.2, -0.15) is 0 Å². The summed E-state index contributed by atoms with van der Waals surface area (Å²) >= 11 is 11.6. The van der Waals surface area contributed by atoms with E-state index >= 15 is 0 Å². The first-order chi connectivity index (χ1) is 6.66. The summed E-state index contributed by atoms with van der Waals surface area (Å²) in [6.07, 6.45) is 1.97. The number of anilines is 1. The van der Waals surface area contributed by atoms with Gasteiger partial charge in [0.1, 0.15) is 5.15 Å². The third-order valence-electron chi connectivity index (χ3n) is 2.10. The number of hydrogen-bond acceptors (Lipinski definition) is 2. The van der Waals surface area contributed by atoms with Crippen molar-refractivity contribution >= 4 is 34.8 Å². The van der Waals surface area contributed by atoms with E-state index in [2.05, 4.69) is 4.98 Å². The van der Waals surface area contributed by atoms with Gasteiger partial charge >= 0.3 is 0 Å². The fraction of sp³-hybridized carbons (Fsp3) is 0.333. The number of hydrogen-bond donors (Lipinski definition) is 0. The Balaban J connectivity index is 2.27. The van der Waals surface area contributed by atoms with Crippen molar-refractivity contribution in [2.45, 2.75) is 11.8 Å². The molecule has 1 fully saturated rings. The van der Waals surface area contributed by atoms with Crippen molar-refractivity contribution in [3.05, 3.63) is 23.5 Å². The molecule has 2 rings (SSSR count). The van der Waals surface area contributed by atoms with E-state index in [9.17, 15) is 4.79 Å². The van der Waals surface area contributed by atoms with Gasteiger partial charge in [-0.15, -0.1) is 11.6 Å². The van der Waals surface area contributed by atoms with Crippen molar-refractivity contribution in [2.75, 3.05) is 11.4 Å². The molecule has 0 bridgehead atoms. The number of carbonyl (C=O) groups excluding carboxylic acids is 1. The van der Waals surface area contributed by atoms with Crippen LogP contribution in [0.2, 0.25) is 5.15 Å². The van der Waals surface area contributed by atoms with Crippen LogP contribution in [0.15, 0.2) is 18.3 Å². The van der Waals surface area contributed by atoms with E-state index in [0.717, 1.165) is 5.69 Å². The maximum absolute atomic E-state index is 11.5. The number of nitrogens with zero attached hydrogens (tertiary/aromatic N) is 2. The molecule has 3 nitrogen and oxygen atoms in total. The SMILES string of the molecule is O=C1CC(Cl)CN1c1ccnc(Cl)c1. The lowest BCUT2D eigenvalue weighted by atomic mass is 10.3. The zero-order valence-corrected chi connectivity index (χ0v) is 8.79. The second-order valence-electron chi connectivity index (χ2n) is 3.14. The Morgan fingerprint density at radius 1 is 1.57 bits per heavy atom. The Kier molecular flexibility index (Phi) is 2.61. The molecular weight excluding hydrogens is 223 g/mol. The average molecular weight is 231 g/mol. The summed E-state index contributed by atoms with van der Waals surface area (Å²) in [7, 11) is 0. The van der Waals surface area contributed by atoms with Crippen LogP contribution in [0.25, 0.3) is 0 Å². The third-order valence-corrected chi connectivity index (χ3v) is 2.60. The van der Waals surface area contributed by atoms with Crippen LogP contribution in [0.4, 0.5) is 5.69 Å². The molecule has 0 aromatic carbocycles. The minimum absolute atomic E-state index is 0.0345. The molecule has 0 N–H and O–H groups in total. The van der Waals surface area contributed by atoms with E-state index in [1.165, 1.54) is 0 Å². The van der Waals surface area contributed by atoms with Crippen molar-refractivity contribution in [2.24, 2.45) is 0 Å². The van der Waals surface area contributed by atoms with Gasteiger partial charge in [-0.3, -0.25) is 4.79 Å². The van der Waals surface area contributed by atoms with Crippen molar-refractivity contribution in [1.29, 1.82) is 0 Å². The molecule has 0 aliphatic carbocycles. The number of amides is 1. The predicted molar refractivity (Wildman–Crippen MR) is 55.9 cm³/mol. The first-order valence-electron chi connectivity index (χ1n) is 4.23. The van der Waals surface area contributed by atoms with Gasteiger partial charge in [-0.05, 0) is 12.1 Å². The maximum atomic E-state index is 11.5. The average Bonchev–Trinajstić information content (AvgIpc) is 2.45. The molecule has 1 atom stereocenters. The summed E-state index contributed by atoms with van der Waals surface area (Å²) in [6, 6.07) is 3.41. The second-order valence-corrected chi connectivity index (χ2v) is 4.15. The monoisotopic (exact) mass is 230 g/mol. The minimum Gasteiger partial charge on any atom is -0.311 e. The number of pyridine rings is 1. The van der Waals surface area contributed by atoms with Crippen molar-refractivity contribution in [3.8, 4) is 0 Å². The fourth-order valence-corrected chi connectivity index (χ4v) is 1.91. The lowest BCUT2D eigenvalue weighted by Gasteiger charge is -2.15. The lowest BCUT2D eigenvalue weighted by Crippen LogP contribution is -2.24. The molecule has 74 valence electrons. The first-order valence-corrected chi connectivity index (χ1v) is 5.04. The van der Waals surface area contributed by atoms with E-state index in [-0.39, 0.29) is 11.3 Å². The highest BCUT2D eigenvalue weighted by atomic mass is 35.5. The van der Waals surface area contributed by atoms with Crippen LogP contribution in [0.3, 0.4) is 0 Å².